The van der Waals surface area contributed by atoms with Crippen LogP contribution in [0.4, 0.5) is 0 Å². The van der Waals surface area contributed by atoms with Crippen LogP contribution in [0, 0.1) is 5.92 Å². The number of hydrogen-bond acceptors (Lipinski definition) is 5. The molecule has 2 aromatic heterocycles. The first kappa shape index (κ1) is 15.7. The number of ether oxygens (including phenoxy) is 1. The Morgan fingerprint density at radius 3 is 2.91 bits per heavy atom. The highest BCUT2D eigenvalue weighted by molar-refractivity contribution is 5.77. The molecule has 0 radical (unpaired) electrons. The molecule has 122 valence electrons. The van der Waals surface area contributed by atoms with E-state index in [-0.39, 0.29) is 5.97 Å². The maximum atomic E-state index is 12.4. The van der Waals surface area contributed by atoms with Gasteiger partial charge in [-0.25, -0.2) is 9.78 Å². The summed E-state index contributed by atoms with van der Waals surface area (Å²) in [5.41, 5.74) is 0.873. The van der Waals surface area contributed by atoms with E-state index in [0.717, 1.165) is 25.1 Å². The van der Waals surface area contributed by atoms with Crippen LogP contribution in [-0.2, 0) is 9.53 Å². The standard InChI is InChI=1S/C17H22N4O2/c1-13-5-8-20(11-15(13)21-9-7-19-12-21)16(17(22)23-2)14-4-3-6-18-10-14/h3-4,6-7,9-10,12-13,15-16H,5,8,11H2,1-2H3/t13-,15+,16-/m0/s1. The Kier molecular flexibility index (Phi) is 4.71. The predicted octanol–water partition coefficient (Wildman–Crippen LogP) is 2.08. The third-order valence-electron chi connectivity index (χ3n) is 4.65. The monoisotopic (exact) mass is 314 g/mol. The van der Waals surface area contributed by atoms with E-state index >= 15 is 0 Å². The lowest BCUT2D eigenvalue weighted by molar-refractivity contribution is -0.148. The lowest BCUT2D eigenvalue weighted by Gasteiger charge is -2.40. The van der Waals surface area contributed by atoms with E-state index in [1.165, 1.54) is 7.11 Å². The maximum absolute atomic E-state index is 12.4. The molecule has 0 N–H and O–H groups in total. The van der Waals surface area contributed by atoms with Gasteiger partial charge >= 0.3 is 5.97 Å². The summed E-state index contributed by atoms with van der Waals surface area (Å²) in [5.74, 6) is 0.296. The zero-order valence-electron chi connectivity index (χ0n) is 13.5. The van der Waals surface area contributed by atoms with Gasteiger partial charge in [-0.15, -0.1) is 0 Å². The zero-order chi connectivity index (χ0) is 16.2. The third kappa shape index (κ3) is 3.27. The van der Waals surface area contributed by atoms with Gasteiger partial charge in [0, 0.05) is 37.4 Å². The Labute approximate surface area is 136 Å². The summed E-state index contributed by atoms with van der Waals surface area (Å²) >= 11 is 0. The fourth-order valence-corrected chi connectivity index (χ4v) is 3.31. The number of rotatable bonds is 4. The molecule has 0 amide bonds. The Bertz CT molecular complexity index is 629. The van der Waals surface area contributed by atoms with Gasteiger partial charge in [0.05, 0.1) is 13.4 Å². The van der Waals surface area contributed by atoms with E-state index in [1.54, 1.807) is 18.6 Å². The van der Waals surface area contributed by atoms with Gasteiger partial charge in [0.15, 0.2) is 0 Å². The van der Waals surface area contributed by atoms with Crippen molar-refractivity contribution in [2.75, 3.05) is 20.2 Å². The number of esters is 1. The number of methoxy groups -OCH3 is 1. The molecule has 1 aliphatic heterocycles. The van der Waals surface area contributed by atoms with Crippen molar-refractivity contribution in [3.63, 3.8) is 0 Å². The van der Waals surface area contributed by atoms with Crippen molar-refractivity contribution in [3.8, 4) is 0 Å². The lowest BCUT2D eigenvalue weighted by Crippen LogP contribution is -2.45. The van der Waals surface area contributed by atoms with Gasteiger partial charge in [0.1, 0.15) is 6.04 Å². The zero-order valence-corrected chi connectivity index (χ0v) is 13.5. The van der Waals surface area contributed by atoms with E-state index < -0.39 is 6.04 Å². The van der Waals surface area contributed by atoms with Crippen molar-refractivity contribution >= 4 is 5.97 Å². The summed E-state index contributed by atoms with van der Waals surface area (Å²) in [6.07, 6.45) is 10.1. The van der Waals surface area contributed by atoms with Crippen LogP contribution >= 0.6 is 0 Å². The number of hydrogen-bond donors (Lipinski definition) is 0. The molecule has 6 heteroatoms. The number of likely N-dealkylation sites (tertiary alicyclic amines) is 1. The van der Waals surface area contributed by atoms with Gasteiger partial charge in [-0.3, -0.25) is 9.88 Å². The van der Waals surface area contributed by atoms with Crippen molar-refractivity contribution < 1.29 is 9.53 Å². The SMILES string of the molecule is COC(=O)[C@H](c1cccnc1)N1CC[C@H](C)[C@H](n2ccnc2)C1. The van der Waals surface area contributed by atoms with E-state index in [9.17, 15) is 4.79 Å². The topological polar surface area (TPSA) is 60.2 Å². The summed E-state index contributed by atoms with van der Waals surface area (Å²) < 4.78 is 7.18. The Hall–Kier alpha value is -2.21. The van der Waals surface area contributed by atoms with Crippen LogP contribution in [0.1, 0.15) is 31.0 Å². The molecule has 23 heavy (non-hydrogen) atoms. The number of nitrogens with zero attached hydrogens (tertiary/aromatic N) is 4. The van der Waals surface area contributed by atoms with Crippen molar-refractivity contribution in [2.45, 2.75) is 25.4 Å². The van der Waals surface area contributed by atoms with Crippen molar-refractivity contribution in [3.05, 3.63) is 48.8 Å². The quantitative estimate of drug-likeness (QED) is 0.809. The van der Waals surface area contributed by atoms with Crippen molar-refractivity contribution in [1.29, 1.82) is 0 Å². The second-order valence-corrected chi connectivity index (χ2v) is 6.05. The number of imidazole rings is 1. The van der Waals surface area contributed by atoms with E-state index in [1.807, 2.05) is 24.7 Å². The van der Waals surface area contributed by atoms with E-state index in [4.69, 9.17) is 4.74 Å². The van der Waals surface area contributed by atoms with Gasteiger partial charge in [0.2, 0.25) is 0 Å². The van der Waals surface area contributed by atoms with Gasteiger partial charge in [0.25, 0.3) is 0 Å². The van der Waals surface area contributed by atoms with Crippen LogP contribution < -0.4 is 0 Å². The number of carbonyl (C=O) groups excluding carboxylic acids is 1. The van der Waals surface area contributed by atoms with Gasteiger partial charge in [-0.2, -0.15) is 0 Å². The molecule has 0 saturated carbocycles. The lowest BCUT2D eigenvalue weighted by atomic mass is 9.91. The molecular formula is C17H22N4O2. The average molecular weight is 314 g/mol. The molecule has 0 spiro atoms. The number of pyridine rings is 1. The van der Waals surface area contributed by atoms with E-state index in [2.05, 4.69) is 26.4 Å². The molecule has 2 aromatic rings. The van der Waals surface area contributed by atoms with Crippen LogP contribution in [0.3, 0.4) is 0 Å². The maximum Gasteiger partial charge on any atom is 0.327 e. The van der Waals surface area contributed by atoms with Crippen LogP contribution in [0.15, 0.2) is 43.2 Å². The highest BCUT2D eigenvalue weighted by atomic mass is 16.5. The Balaban J connectivity index is 1.86. The largest absolute Gasteiger partial charge is 0.468 e. The molecule has 6 nitrogen and oxygen atoms in total. The highest BCUT2D eigenvalue weighted by Crippen LogP contribution is 2.33. The van der Waals surface area contributed by atoms with Crippen LogP contribution in [0.2, 0.25) is 0 Å². The Morgan fingerprint density at radius 1 is 1.39 bits per heavy atom. The molecule has 3 rings (SSSR count). The predicted molar refractivity (Wildman–Crippen MR) is 85.6 cm³/mol. The molecule has 3 atom stereocenters. The summed E-state index contributed by atoms with van der Waals surface area (Å²) in [4.78, 5) is 22.9. The molecule has 0 aromatic carbocycles. The summed E-state index contributed by atoms with van der Waals surface area (Å²) in [5, 5.41) is 0. The molecule has 0 bridgehead atoms. The minimum atomic E-state index is -0.410. The number of aromatic nitrogens is 3. The summed E-state index contributed by atoms with van der Waals surface area (Å²) in [6, 6.07) is 3.67. The highest BCUT2D eigenvalue weighted by Gasteiger charge is 2.35. The van der Waals surface area contributed by atoms with Crippen LogP contribution in [0.5, 0.6) is 0 Å². The van der Waals surface area contributed by atoms with E-state index in [0.29, 0.717) is 12.0 Å². The molecule has 1 fully saturated rings. The van der Waals surface area contributed by atoms with Crippen molar-refractivity contribution in [1.82, 2.24) is 19.4 Å². The van der Waals surface area contributed by atoms with Gasteiger partial charge in [-0.1, -0.05) is 13.0 Å². The number of carbonyl (C=O) groups is 1. The second-order valence-electron chi connectivity index (χ2n) is 6.05. The first-order chi connectivity index (χ1) is 11.2. The molecular weight excluding hydrogens is 292 g/mol. The summed E-state index contributed by atoms with van der Waals surface area (Å²) in [7, 11) is 1.44. The molecule has 1 saturated heterocycles. The fourth-order valence-electron chi connectivity index (χ4n) is 3.31. The molecule has 0 unspecified atom stereocenters. The van der Waals surface area contributed by atoms with Crippen LogP contribution in [0.25, 0.3) is 0 Å². The minimum Gasteiger partial charge on any atom is -0.468 e. The van der Waals surface area contributed by atoms with Gasteiger partial charge in [-0.05, 0) is 30.5 Å². The second kappa shape index (κ2) is 6.91. The van der Waals surface area contributed by atoms with Gasteiger partial charge < -0.3 is 9.30 Å². The summed E-state index contributed by atoms with van der Waals surface area (Å²) in [6.45, 7) is 3.90. The Morgan fingerprint density at radius 2 is 2.26 bits per heavy atom. The molecule has 1 aliphatic rings. The third-order valence-corrected chi connectivity index (χ3v) is 4.65. The molecule has 0 aliphatic carbocycles. The van der Waals surface area contributed by atoms with Crippen molar-refractivity contribution in [2.24, 2.45) is 5.92 Å². The minimum absolute atomic E-state index is 0.239. The smallest absolute Gasteiger partial charge is 0.327 e. The first-order valence-electron chi connectivity index (χ1n) is 7.90. The fraction of sp³-hybridized carbons (Fsp3) is 0.471. The normalized spacial score (nSPS) is 23.4. The van der Waals surface area contributed by atoms with Crippen LogP contribution in [-0.4, -0.2) is 45.6 Å². The average Bonchev–Trinajstić information content (AvgIpc) is 3.11. The first-order valence-corrected chi connectivity index (χ1v) is 7.90. The molecule has 3 heterocycles. The number of piperidine rings is 1.